The molecule has 28 heavy (non-hydrogen) atoms. The quantitative estimate of drug-likeness (QED) is 0.767. The fourth-order valence-corrected chi connectivity index (χ4v) is 4.23. The minimum Gasteiger partial charge on any atom is -0.443 e. The summed E-state index contributed by atoms with van der Waals surface area (Å²) in [6.07, 6.45) is 6.55. The number of aromatic nitrogens is 1. The van der Waals surface area contributed by atoms with E-state index >= 15 is 0 Å². The number of rotatable bonds is 5. The number of piperidine rings is 1. The van der Waals surface area contributed by atoms with E-state index in [9.17, 15) is 9.59 Å². The van der Waals surface area contributed by atoms with E-state index in [2.05, 4.69) is 4.98 Å². The van der Waals surface area contributed by atoms with Crippen molar-refractivity contribution >= 4 is 23.4 Å². The Morgan fingerprint density at radius 1 is 1.25 bits per heavy atom. The van der Waals surface area contributed by atoms with Crippen LogP contribution in [0.25, 0.3) is 0 Å². The van der Waals surface area contributed by atoms with Crippen molar-refractivity contribution in [2.24, 2.45) is 0 Å². The number of likely N-dealkylation sites (tertiary alicyclic amines) is 2. The average molecular weight is 402 g/mol. The van der Waals surface area contributed by atoms with Gasteiger partial charge < -0.3 is 14.2 Å². The average Bonchev–Trinajstić information content (AvgIpc) is 3.31. The molecule has 2 aliphatic heterocycles. The van der Waals surface area contributed by atoms with Crippen LogP contribution in [0.4, 0.5) is 0 Å². The molecule has 2 aromatic rings. The number of hydrogen-bond acceptors (Lipinski definition) is 4. The Morgan fingerprint density at radius 3 is 2.93 bits per heavy atom. The third kappa shape index (κ3) is 4.22. The Bertz CT molecular complexity index is 866. The summed E-state index contributed by atoms with van der Waals surface area (Å²) in [6.45, 7) is 1.51. The molecule has 0 bridgehead atoms. The summed E-state index contributed by atoms with van der Waals surface area (Å²) in [5.74, 6) is 1.39. The van der Waals surface area contributed by atoms with Gasteiger partial charge in [-0.1, -0.05) is 23.7 Å². The number of amides is 2. The number of nitrogens with zero attached hydrogens (tertiary/aromatic N) is 3. The molecule has 1 aromatic heterocycles. The predicted molar refractivity (Wildman–Crippen MR) is 105 cm³/mol. The molecule has 0 radical (unpaired) electrons. The second-order valence-electron chi connectivity index (χ2n) is 7.49. The third-order valence-electron chi connectivity index (χ3n) is 5.44. The van der Waals surface area contributed by atoms with Crippen LogP contribution in [-0.4, -0.2) is 46.2 Å². The number of halogens is 1. The molecule has 3 heterocycles. The first-order valence-electron chi connectivity index (χ1n) is 9.86. The van der Waals surface area contributed by atoms with Gasteiger partial charge in [0.05, 0.1) is 12.7 Å². The van der Waals surface area contributed by atoms with Gasteiger partial charge >= 0.3 is 0 Å². The second-order valence-corrected chi connectivity index (χ2v) is 7.93. The summed E-state index contributed by atoms with van der Waals surface area (Å²) in [7, 11) is 0. The van der Waals surface area contributed by atoms with Crippen LogP contribution in [0.3, 0.4) is 0 Å². The first-order chi connectivity index (χ1) is 13.6. The topological polar surface area (TPSA) is 66.7 Å². The minimum atomic E-state index is -0.160. The summed E-state index contributed by atoms with van der Waals surface area (Å²) < 4.78 is 6.01. The lowest BCUT2D eigenvalue weighted by Gasteiger charge is -2.34. The van der Waals surface area contributed by atoms with E-state index in [0.717, 1.165) is 37.0 Å². The summed E-state index contributed by atoms with van der Waals surface area (Å²) in [5.41, 5.74) is 1.05. The highest BCUT2D eigenvalue weighted by Crippen LogP contribution is 2.31. The number of carbonyl (C=O) groups excluding carboxylic acids is 2. The van der Waals surface area contributed by atoms with Gasteiger partial charge in [-0.25, -0.2) is 4.98 Å². The molecule has 2 amide bonds. The van der Waals surface area contributed by atoms with Crippen LogP contribution in [0.1, 0.15) is 55.4 Å². The molecule has 6 nitrogen and oxygen atoms in total. The van der Waals surface area contributed by atoms with Crippen molar-refractivity contribution in [1.29, 1.82) is 0 Å². The van der Waals surface area contributed by atoms with E-state index in [-0.39, 0.29) is 24.4 Å². The first kappa shape index (κ1) is 19.0. The molecule has 0 unspecified atom stereocenters. The van der Waals surface area contributed by atoms with E-state index in [1.54, 1.807) is 11.1 Å². The predicted octanol–water partition coefficient (Wildman–Crippen LogP) is 3.59. The lowest BCUT2D eigenvalue weighted by atomic mass is 10.0. The molecule has 2 aliphatic rings. The Hall–Kier alpha value is -2.34. The maximum absolute atomic E-state index is 12.9. The Morgan fingerprint density at radius 2 is 2.14 bits per heavy atom. The van der Waals surface area contributed by atoms with Crippen LogP contribution in [0, 0.1) is 0 Å². The summed E-state index contributed by atoms with van der Waals surface area (Å²) in [4.78, 5) is 32.7. The van der Waals surface area contributed by atoms with E-state index in [1.807, 2.05) is 29.2 Å². The molecule has 4 rings (SSSR count). The molecule has 0 N–H and O–H groups in total. The maximum atomic E-state index is 12.9. The van der Waals surface area contributed by atoms with Crippen LogP contribution in [-0.2, 0) is 16.0 Å². The second kappa shape index (κ2) is 8.35. The standard InChI is InChI=1S/C21H24ClN3O3/c22-16-6-3-5-15(11-16)12-17-13-23-21(28-17)18-7-1-2-10-25(18)20(27)14-24-9-4-8-19(24)26/h3,5-6,11,13,18H,1-2,4,7-10,12,14H2/t18-/m1/s1. The highest BCUT2D eigenvalue weighted by Gasteiger charge is 2.33. The molecular formula is C21H24ClN3O3. The van der Waals surface area contributed by atoms with Gasteiger partial charge in [0.2, 0.25) is 17.7 Å². The number of hydrogen-bond donors (Lipinski definition) is 0. The minimum absolute atomic E-state index is 0.0189. The fraction of sp³-hybridized carbons (Fsp3) is 0.476. The largest absolute Gasteiger partial charge is 0.443 e. The summed E-state index contributed by atoms with van der Waals surface area (Å²) in [6, 6.07) is 7.50. The van der Waals surface area contributed by atoms with Crippen LogP contribution >= 0.6 is 11.6 Å². The number of oxazole rings is 1. The molecule has 2 fully saturated rings. The van der Waals surface area contributed by atoms with Crippen LogP contribution in [0.2, 0.25) is 5.02 Å². The Kier molecular flexibility index (Phi) is 5.67. The zero-order chi connectivity index (χ0) is 19.5. The van der Waals surface area contributed by atoms with Crippen LogP contribution in [0.15, 0.2) is 34.9 Å². The van der Waals surface area contributed by atoms with Gasteiger partial charge in [-0.2, -0.15) is 0 Å². The molecule has 148 valence electrons. The zero-order valence-electron chi connectivity index (χ0n) is 15.8. The first-order valence-corrected chi connectivity index (χ1v) is 10.2. The summed E-state index contributed by atoms with van der Waals surface area (Å²) in [5, 5.41) is 0.692. The number of carbonyl (C=O) groups is 2. The highest BCUT2D eigenvalue weighted by molar-refractivity contribution is 6.30. The molecule has 0 spiro atoms. The third-order valence-corrected chi connectivity index (χ3v) is 5.68. The molecular weight excluding hydrogens is 378 g/mol. The molecule has 1 aromatic carbocycles. The lowest BCUT2D eigenvalue weighted by Crippen LogP contribution is -2.44. The van der Waals surface area contributed by atoms with E-state index < -0.39 is 0 Å². The van der Waals surface area contributed by atoms with Gasteiger partial charge in [0.1, 0.15) is 11.8 Å². The van der Waals surface area contributed by atoms with E-state index in [0.29, 0.717) is 36.8 Å². The monoisotopic (exact) mass is 401 g/mol. The van der Waals surface area contributed by atoms with Gasteiger partial charge in [-0.05, 0) is 43.4 Å². The van der Waals surface area contributed by atoms with Crippen LogP contribution < -0.4 is 0 Å². The Balaban J connectivity index is 1.46. The Labute approximate surface area is 169 Å². The lowest BCUT2D eigenvalue weighted by molar-refractivity contribution is -0.141. The smallest absolute Gasteiger partial charge is 0.242 e. The molecule has 2 saturated heterocycles. The van der Waals surface area contributed by atoms with E-state index in [4.69, 9.17) is 16.0 Å². The van der Waals surface area contributed by atoms with Gasteiger partial charge in [-0.3, -0.25) is 9.59 Å². The number of benzene rings is 1. The normalized spacial score (nSPS) is 20.0. The van der Waals surface area contributed by atoms with Gasteiger partial charge in [-0.15, -0.1) is 0 Å². The van der Waals surface area contributed by atoms with Crippen molar-refractivity contribution in [1.82, 2.24) is 14.8 Å². The van der Waals surface area contributed by atoms with Crippen molar-refractivity contribution in [2.45, 2.75) is 44.6 Å². The molecule has 7 heteroatoms. The van der Waals surface area contributed by atoms with Gasteiger partial charge in [0.25, 0.3) is 0 Å². The summed E-state index contributed by atoms with van der Waals surface area (Å²) >= 11 is 6.05. The maximum Gasteiger partial charge on any atom is 0.242 e. The zero-order valence-corrected chi connectivity index (χ0v) is 16.5. The van der Waals surface area contributed by atoms with Gasteiger partial charge in [0.15, 0.2) is 0 Å². The SMILES string of the molecule is O=C1CCCN1CC(=O)N1CCCC[C@@H]1c1ncc(Cc2cccc(Cl)c2)o1. The van der Waals surface area contributed by atoms with Crippen molar-refractivity contribution in [2.75, 3.05) is 19.6 Å². The van der Waals surface area contributed by atoms with Crippen molar-refractivity contribution < 1.29 is 14.0 Å². The van der Waals surface area contributed by atoms with Crippen LogP contribution in [0.5, 0.6) is 0 Å². The highest BCUT2D eigenvalue weighted by atomic mass is 35.5. The molecule has 1 atom stereocenters. The molecule has 0 saturated carbocycles. The fourth-order valence-electron chi connectivity index (χ4n) is 4.02. The van der Waals surface area contributed by atoms with Gasteiger partial charge in [0, 0.05) is 31.0 Å². The van der Waals surface area contributed by atoms with Crippen molar-refractivity contribution in [3.8, 4) is 0 Å². The van der Waals surface area contributed by atoms with Crippen molar-refractivity contribution in [3.63, 3.8) is 0 Å². The van der Waals surface area contributed by atoms with Crippen molar-refractivity contribution in [3.05, 3.63) is 52.7 Å². The van der Waals surface area contributed by atoms with E-state index in [1.165, 1.54) is 0 Å². The molecule has 0 aliphatic carbocycles.